The highest BCUT2D eigenvalue weighted by atomic mass is 32.1. The fraction of sp³-hybridized carbons (Fsp3) is 0. The molecule has 12 aromatic rings. The Morgan fingerprint density at radius 1 is 0.274 bits per heavy atom. The Labute approximate surface area is 365 Å². The van der Waals surface area contributed by atoms with E-state index in [9.17, 15) is 0 Å². The normalized spacial score (nSPS) is 11.5. The number of hydrogen-bond acceptors (Lipinski definition) is 2. The molecule has 0 unspecified atom stereocenters. The van der Waals surface area contributed by atoms with E-state index in [0.29, 0.717) is 0 Å². The fourth-order valence-electron chi connectivity index (χ4n) is 9.47. The second kappa shape index (κ2) is 15.0. The molecule has 0 amide bonds. The van der Waals surface area contributed by atoms with Gasteiger partial charge in [0.2, 0.25) is 0 Å². The van der Waals surface area contributed by atoms with Gasteiger partial charge in [-0.2, -0.15) is 0 Å². The van der Waals surface area contributed by atoms with E-state index in [2.05, 4.69) is 241 Å². The molecule has 0 spiro atoms. The van der Waals surface area contributed by atoms with Gasteiger partial charge in [-0.15, -0.1) is 11.3 Å². The SMILES string of the molecule is c1ccc(-c2ccc(-c3ccc4ccccc4c3)cc2N(c2ccc(-c3cc4ccccc4c4ccccc34)cc2)c2ccccc2-c2cccc3c2sc2ccccc23)cc1. The molecule has 1 aromatic heterocycles. The zero-order valence-electron chi connectivity index (χ0n) is 33.9. The number of nitrogens with zero attached hydrogens (tertiary/aromatic N) is 1. The van der Waals surface area contributed by atoms with E-state index in [-0.39, 0.29) is 0 Å². The van der Waals surface area contributed by atoms with E-state index in [1.165, 1.54) is 91.4 Å². The van der Waals surface area contributed by atoms with Gasteiger partial charge in [0.05, 0.1) is 11.4 Å². The molecule has 0 bridgehead atoms. The van der Waals surface area contributed by atoms with Crippen molar-refractivity contribution in [3.05, 3.63) is 237 Å². The number of hydrogen-bond donors (Lipinski definition) is 0. The highest BCUT2D eigenvalue weighted by molar-refractivity contribution is 7.26. The van der Waals surface area contributed by atoms with Crippen molar-refractivity contribution in [2.24, 2.45) is 0 Å². The minimum Gasteiger partial charge on any atom is -0.309 e. The van der Waals surface area contributed by atoms with E-state index in [4.69, 9.17) is 0 Å². The molecule has 1 heterocycles. The first kappa shape index (κ1) is 36.1. The zero-order valence-corrected chi connectivity index (χ0v) is 34.7. The summed E-state index contributed by atoms with van der Waals surface area (Å²) in [6, 6.07) is 86.9. The molecule has 62 heavy (non-hydrogen) atoms. The summed E-state index contributed by atoms with van der Waals surface area (Å²) in [6.45, 7) is 0. The second-order valence-electron chi connectivity index (χ2n) is 16.0. The van der Waals surface area contributed by atoms with Gasteiger partial charge < -0.3 is 4.90 Å². The van der Waals surface area contributed by atoms with Gasteiger partial charge in [0, 0.05) is 42.6 Å². The Morgan fingerprint density at radius 3 is 1.73 bits per heavy atom. The lowest BCUT2D eigenvalue weighted by Gasteiger charge is -2.31. The summed E-state index contributed by atoms with van der Waals surface area (Å²) in [7, 11) is 0. The van der Waals surface area contributed by atoms with Gasteiger partial charge >= 0.3 is 0 Å². The van der Waals surface area contributed by atoms with Crippen LogP contribution in [0.1, 0.15) is 0 Å². The van der Waals surface area contributed by atoms with Crippen molar-refractivity contribution in [1.82, 2.24) is 0 Å². The smallest absolute Gasteiger partial charge is 0.0546 e. The summed E-state index contributed by atoms with van der Waals surface area (Å²) in [5.41, 5.74) is 12.8. The topological polar surface area (TPSA) is 3.24 Å². The number of anilines is 3. The first-order valence-electron chi connectivity index (χ1n) is 21.2. The molecular formula is C60H39NS. The molecule has 0 aliphatic carbocycles. The Kier molecular flexibility index (Phi) is 8.76. The summed E-state index contributed by atoms with van der Waals surface area (Å²) in [4.78, 5) is 2.50. The number of thiophene rings is 1. The second-order valence-corrected chi connectivity index (χ2v) is 17.1. The number of para-hydroxylation sites is 1. The fourth-order valence-corrected chi connectivity index (χ4v) is 10.7. The van der Waals surface area contributed by atoms with Gasteiger partial charge in [0.25, 0.3) is 0 Å². The van der Waals surface area contributed by atoms with E-state index in [1.807, 2.05) is 11.3 Å². The van der Waals surface area contributed by atoms with Gasteiger partial charge in [-0.25, -0.2) is 0 Å². The van der Waals surface area contributed by atoms with Crippen LogP contribution in [-0.4, -0.2) is 0 Å². The monoisotopic (exact) mass is 805 g/mol. The Morgan fingerprint density at radius 2 is 0.871 bits per heavy atom. The van der Waals surface area contributed by atoms with Crippen LogP contribution in [0.15, 0.2) is 237 Å². The molecule has 0 saturated heterocycles. The van der Waals surface area contributed by atoms with Gasteiger partial charge in [-0.1, -0.05) is 194 Å². The summed E-state index contributed by atoms with van der Waals surface area (Å²) in [5, 5.41) is 10.1. The number of benzene rings is 11. The summed E-state index contributed by atoms with van der Waals surface area (Å²) >= 11 is 1.88. The maximum Gasteiger partial charge on any atom is 0.0546 e. The van der Waals surface area contributed by atoms with E-state index < -0.39 is 0 Å². The van der Waals surface area contributed by atoms with Crippen molar-refractivity contribution in [3.8, 4) is 44.5 Å². The summed E-state index contributed by atoms with van der Waals surface area (Å²) < 4.78 is 2.60. The third kappa shape index (κ3) is 6.15. The molecule has 11 aromatic carbocycles. The van der Waals surface area contributed by atoms with Gasteiger partial charge in [-0.05, 0) is 103 Å². The molecule has 0 fully saturated rings. The quantitative estimate of drug-likeness (QED) is 0.145. The molecule has 0 radical (unpaired) electrons. The Bertz CT molecular complexity index is 3640. The zero-order chi connectivity index (χ0) is 41.0. The number of rotatable bonds is 7. The average Bonchev–Trinajstić information content (AvgIpc) is 3.74. The minimum atomic E-state index is 1.09. The first-order valence-corrected chi connectivity index (χ1v) is 22.1. The van der Waals surface area contributed by atoms with Gasteiger partial charge in [0.1, 0.15) is 0 Å². The maximum absolute atomic E-state index is 2.50. The van der Waals surface area contributed by atoms with Crippen molar-refractivity contribution < 1.29 is 0 Å². The van der Waals surface area contributed by atoms with Crippen molar-refractivity contribution in [1.29, 1.82) is 0 Å². The maximum atomic E-state index is 2.50. The van der Waals surface area contributed by atoms with Crippen molar-refractivity contribution in [2.75, 3.05) is 4.90 Å². The molecule has 12 rings (SSSR count). The Balaban J connectivity index is 1.11. The van der Waals surface area contributed by atoms with Crippen LogP contribution in [0.3, 0.4) is 0 Å². The third-order valence-corrected chi connectivity index (χ3v) is 13.7. The van der Waals surface area contributed by atoms with Crippen molar-refractivity contribution in [3.63, 3.8) is 0 Å². The standard InChI is InChI=1S/C60H39NS/c1-2-16-41(17-3-1)49-36-33-45(44-30-29-40-15-4-5-18-43(40)37-44)39-58(49)61(57-27-12-10-23-52(57)54-25-14-26-55-53-24-11-13-28-59(53)62-60(54)55)47-34-31-42(32-35-47)56-38-46-19-6-7-20-48(46)50-21-8-9-22-51(50)56/h1-39H. The van der Waals surface area contributed by atoms with Crippen LogP contribution >= 0.6 is 11.3 Å². The number of fused-ring (bicyclic) bond motifs is 7. The van der Waals surface area contributed by atoms with Crippen LogP contribution in [0.5, 0.6) is 0 Å². The highest BCUT2D eigenvalue weighted by Gasteiger charge is 2.23. The summed E-state index contributed by atoms with van der Waals surface area (Å²) in [5.74, 6) is 0. The van der Waals surface area contributed by atoms with E-state index in [0.717, 1.165) is 22.6 Å². The highest BCUT2D eigenvalue weighted by Crippen LogP contribution is 2.49. The molecule has 1 nitrogen and oxygen atoms in total. The van der Waals surface area contributed by atoms with Crippen LogP contribution in [0, 0.1) is 0 Å². The lowest BCUT2D eigenvalue weighted by Crippen LogP contribution is -2.12. The van der Waals surface area contributed by atoms with Gasteiger partial charge in [0.15, 0.2) is 0 Å². The lowest BCUT2D eigenvalue weighted by atomic mass is 9.92. The third-order valence-electron chi connectivity index (χ3n) is 12.5. The molecule has 2 heteroatoms. The van der Waals surface area contributed by atoms with Gasteiger partial charge in [-0.3, -0.25) is 0 Å². The Hall–Kier alpha value is -7.78. The van der Waals surface area contributed by atoms with E-state index >= 15 is 0 Å². The largest absolute Gasteiger partial charge is 0.309 e. The molecule has 0 N–H and O–H groups in total. The van der Waals surface area contributed by atoms with E-state index in [1.54, 1.807) is 0 Å². The van der Waals surface area contributed by atoms with Crippen LogP contribution in [0.2, 0.25) is 0 Å². The lowest BCUT2D eigenvalue weighted by molar-refractivity contribution is 1.28. The van der Waals surface area contributed by atoms with Crippen LogP contribution in [0.25, 0.3) is 97.0 Å². The van der Waals surface area contributed by atoms with Crippen molar-refractivity contribution in [2.45, 2.75) is 0 Å². The average molecular weight is 806 g/mol. The molecule has 0 saturated carbocycles. The van der Waals surface area contributed by atoms with Crippen LogP contribution < -0.4 is 4.90 Å². The first-order chi connectivity index (χ1) is 30.7. The van der Waals surface area contributed by atoms with Crippen molar-refractivity contribution >= 4 is 80.9 Å². The summed E-state index contributed by atoms with van der Waals surface area (Å²) in [6.07, 6.45) is 0. The molecule has 290 valence electrons. The van der Waals surface area contributed by atoms with Crippen LogP contribution in [-0.2, 0) is 0 Å². The minimum absolute atomic E-state index is 1.09. The van der Waals surface area contributed by atoms with Crippen LogP contribution in [0.4, 0.5) is 17.1 Å². The molecule has 0 atom stereocenters. The molecular weight excluding hydrogens is 767 g/mol. The predicted octanol–water partition coefficient (Wildman–Crippen LogP) is 17.7. The molecule has 0 aliphatic heterocycles. The predicted molar refractivity (Wildman–Crippen MR) is 268 cm³/mol. The molecule has 0 aliphatic rings.